The summed E-state index contributed by atoms with van der Waals surface area (Å²) in [5.41, 5.74) is 2.36. The Bertz CT molecular complexity index is 1680. The maximum atomic E-state index is 14.4. The molecule has 7 nitrogen and oxygen atoms in total. The molecule has 0 fully saturated rings. The van der Waals surface area contributed by atoms with Crippen molar-refractivity contribution in [2.45, 2.75) is 37.8 Å². The van der Waals surface area contributed by atoms with Gasteiger partial charge >= 0.3 is 0 Å². The lowest BCUT2D eigenvalue weighted by molar-refractivity contribution is -0.140. The molecule has 0 saturated carbocycles. The van der Waals surface area contributed by atoms with Gasteiger partial charge in [0.05, 0.1) is 10.6 Å². The second-order valence-electron chi connectivity index (χ2n) is 10.1. The molecule has 0 aliphatic carbocycles. The van der Waals surface area contributed by atoms with Crippen LogP contribution in [0.15, 0.2) is 102 Å². The number of anilines is 1. The number of halogens is 3. The number of hydrogen-bond donors (Lipinski definition) is 1. The average Bonchev–Trinajstić information content (AvgIpc) is 3.00. The third-order valence-electron chi connectivity index (χ3n) is 7.01. The Kier molecular flexibility index (Phi) is 11.3. The molecule has 2 amide bonds. The first-order valence-electron chi connectivity index (χ1n) is 13.9. The van der Waals surface area contributed by atoms with Crippen LogP contribution in [0.1, 0.15) is 23.6 Å². The fourth-order valence-electron chi connectivity index (χ4n) is 4.67. The predicted octanol–water partition coefficient (Wildman–Crippen LogP) is 6.93. The summed E-state index contributed by atoms with van der Waals surface area (Å²) in [6.07, 6.45) is 0.173. The zero-order chi connectivity index (χ0) is 31.9. The first kappa shape index (κ1) is 33.3. The van der Waals surface area contributed by atoms with E-state index in [4.69, 9.17) is 34.8 Å². The first-order chi connectivity index (χ1) is 21.0. The minimum atomic E-state index is -4.23. The largest absolute Gasteiger partial charge is 0.355 e. The van der Waals surface area contributed by atoms with Crippen LogP contribution in [0.4, 0.5) is 5.69 Å². The van der Waals surface area contributed by atoms with E-state index in [0.29, 0.717) is 27.2 Å². The van der Waals surface area contributed by atoms with Crippen LogP contribution >= 0.6 is 34.8 Å². The van der Waals surface area contributed by atoms with Crippen molar-refractivity contribution in [1.82, 2.24) is 10.2 Å². The van der Waals surface area contributed by atoms with Crippen LogP contribution < -0.4 is 9.62 Å². The number of rotatable bonds is 12. The Morgan fingerprint density at radius 2 is 1.43 bits per heavy atom. The number of hydrogen-bond acceptors (Lipinski definition) is 4. The van der Waals surface area contributed by atoms with Gasteiger partial charge in [-0.1, -0.05) is 88.9 Å². The van der Waals surface area contributed by atoms with Gasteiger partial charge in [-0.05, 0) is 67.9 Å². The highest BCUT2D eigenvalue weighted by Crippen LogP contribution is 2.29. The van der Waals surface area contributed by atoms with Crippen LogP contribution in [0.5, 0.6) is 0 Å². The molecule has 0 bridgehead atoms. The van der Waals surface area contributed by atoms with Crippen molar-refractivity contribution in [3.8, 4) is 0 Å². The monoisotopic (exact) mass is 671 g/mol. The molecule has 0 unspecified atom stereocenters. The maximum absolute atomic E-state index is 14.4. The van der Waals surface area contributed by atoms with Crippen LogP contribution in [0.3, 0.4) is 0 Å². The van der Waals surface area contributed by atoms with Gasteiger partial charge in [-0.15, -0.1) is 0 Å². The molecule has 0 spiro atoms. The van der Waals surface area contributed by atoms with Gasteiger partial charge in [-0.2, -0.15) is 0 Å². The van der Waals surface area contributed by atoms with Gasteiger partial charge in [0.15, 0.2) is 0 Å². The Morgan fingerprint density at radius 3 is 2.02 bits per heavy atom. The van der Waals surface area contributed by atoms with E-state index in [9.17, 15) is 18.0 Å². The summed E-state index contributed by atoms with van der Waals surface area (Å²) in [4.78, 5) is 29.4. The Hall–Kier alpha value is -3.56. The lowest BCUT2D eigenvalue weighted by Crippen LogP contribution is -2.53. The Balaban J connectivity index is 1.82. The van der Waals surface area contributed by atoms with E-state index in [2.05, 4.69) is 5.32 Å². The molecular formula is C33H32Cl3N3O4S. The molecule has 4 rings (SSSR count). The molecule has 0 aromatic heterocycles. The molecule has 0 radical (unpaired) electrons. The van der Waals surface area contributed by atoms with Crippen LogP contribution in [0.2, 0.25) is 15.1 Å². The van der Waals surface area contributed by atoms with Crippen LogP contribution in [0.25, 0.3) is 0 Å². The van der Waals surface area contributed by atoms with Crippen LogP contribution in [-0.2, 0) is 32.6 Å². The molecule has 1 N–H and O–H groups in total. The SMILES string of the molecule is CCNC(=O)[C@H](Cc1ccccc1)N(Cc1c(Cl)cccc1Cl)C(=O)CN(c1ccc(Cl)cc1)S(=O)(=O)c1ccc(C)cc1. The lowest BCUT2D eigenvalue weighted by atomic mass is 10.0. The predicted molar refractivity (Wildman–Crippen MR) is 177 cm³/mol. The molecule has 0 aliphatic heterocycles. The van der Waals surface area contributed by atoms with Gasteiger partial charge in [-0.3, -0.25) is 13.9 Å². The van der Waals surface area contributed by atoms with Crippen molar-refractivity contribution in [2.75, 3.05) is 17.4 Å². The summed E-state index contributed by atoms with van der Waals surface area (Å²) >= 11 is 19.2. The van der Waals surface area contributed by atoms with E-state index < -0.39 is 34.4 Å². The summed E-state index contributed by atoms with van der Waals surface area (Å²) in [5.74, 6) is -1.02. The highest BCUT2D eigenvalue weighted by atomic mass is 35.5. The molecule has 230 valence electrons. The van der Waals surface area contributed by atoms with Crippen LogP contribution in [0, 0.1) is 6.92 Å². The molecule has 4 aromatic carbocycles. The number of amides is 2. The van der Waals surface area contributed by atoms with Crippen molar-refractivity contribution in [1.29, 1.82) is 0 Å². The second-order valence-corrected chi connectivity index (χ2v) is 13.2. The molecular weight excluding hydrogens is 641 g/mol. The van der Waals surface area contributed by atoms with Gasteiger partial charge in [0.2, 0.25) is 11.8 Å². The van der Waals surface area contributed by atoms with Crippen LogP contribution in [-0.4, -0.2) is 44.3 Å². The molecule has 11 heteroatoms. The van der Waals surface area contributed by atoms with Crippen molar-refractivity contribution < 1.29 is 18.0 Å². The van der Waals surface area contributed by atoms with Gasteiger partial charge in [0.25, 0.3) is 10.0 Å². The highest BCUT2D eigenvalue weighted by molar-refractivity contribution is 7.92. The number of benzene rings is 4. The number of sulfonamides is 1. The number of nitrogens with zero attached hydrogens (tertiary/aromatic N) is 2. The van der Waals surface area contributed by atoms with Gasteiger partial charge < -0.3 is 10.2 Å². The minimum Gasteiger partial charge on any atom is -0.355 e. The third kappa shape index (κ3) is 8.12. The molecule has 44 heavy (non-hydrogen) atoms. The number of aryl methyl sites for hydroxylation is 1. The average molecular weight is 673 g/mol. The summed E-state index contributed by atoms with van der Waals surface area (Å²) in [6, 6.07) is 25.7. The number of likely N-dealkylation sites (N-methyl/N-ethyl adjacent to an activating group) is 1. The van der Waals surface area contributed by atoms with E-state index in [1.165, 1.54) is 29.2 Å². The van der Waals surface area contributed by atoms with E-state index >= 15 is 0 Å². The van der Waals surface area contributed by atoms with Gasteiger partial charge in [0, 0.05) is 40.1 Å². The van der Waals surface area contributed by atoms with E-state index in [1.54, 1.807) is 49.4 Å². The second kappa shape index (κ2) is 14.9. The summed E-state index contributed by atoms with van der Waals surface area (Å²) < 4.78 is 29.1. The lowest BCUT2D eigenvalue weighted by Gasteiger charge is -2.34. The molecule has 0 aliphatic rings. The normalized spacial score (nSPS) is 11.9. The Morgan fingerprint density at radius 1 is 0.818 bits per heavy atom. The van der Waals surface area contributed by atoms with Crippen molar-refractivity contribution in [3.05, 3.63) is 129 Å². The maximum Gasteiger partial charge on any atom is 0.264 e. The topological polar surface area (TPSA) is 86.8 Å². The zero-order valence-corrected chi connectivity index (χ0v) is 27.3. The van der Waals surface area contributed by atoms with E-state index in [0.717, 1.165) is 15.4 Å². The minimum absolute atomic E-state index is 0.0103. The fraction of sp³-hybridized carbons (Fsp3) is 0.212. The number of nitrogens with one attached hydrogen (secondary N) is 1. The van der Waals surface area contributed by atoms with Crippen molar-refractivity contribution >= 4 is 62.3 Å². The molecule has 1 atom stereocenters. The number of carbonyl (C=O) groups is 2. The van der Waals surface area contributed by atoms with E-state index in [-0.39, 0.29) is 23.5 Å². The summed E-state index contributed by atoms with van der Waals surface area (Å²) in [5, 5.41) is 3.85. The quantitative estimate of drug-likeness (QED) is 0.177. The highest BCUT2D eigenvalue weighted by Gasteiger charge is 2.35. The molecule has 0 saturated heterocycles. The van der Waals surface area contributed by atoms with Gasteiger partial charge in [-0.25, -0.2) is 8.42 Å². The Labute approximate surface area is 273 Å². The zero-order valence-electron chi connectivity index (χ0n) is 24.2. The van der Waals surface area contributed by atoms with Crippen molar-refractivity contribution in [2.24, 2.45) is 0 Å². The first-order valence-corrected chi connectivity index (χ1v) is 16.5. The van der Waals surface area contributed by atoms with Gasteiger partial charge in [0.1, 0.15) is 12.6 Å². The summed E-state index contributed by atoms with van der Waals surface area (Å²) in [7, 11) is -4.23. The molecule has 0 heterocycles. The molecule has 4 aromatic rings. The third-order valence-corrected chi connectivity index (χ3v) is 9.76. The smallest absolute Gasteiger partial charge is 0.264 e. The number of carbonyl (C=O) groups excluding carboxylic acids is 2. The fourth-order valence-corrected chi connectivity index (χ4v) is 6.73. The summed E-state index contributed by atoms with van der Waals surface area (Å²) in [6.45, 7) is 3.22. The van der Waals surface area contributed by atoms with Crippen molar-refractivity contribution in [3.63, 3.8) is 0 Å². The van der Waals surface area contributed by atoms with E-state index in [1.807, 2.05) is 37.3 Å². The standard InChI is InChI=1S/C33H32Cl3N3O4S/c1-3-37-33(41)31(20-24-8-5-4-6-9-24)38(21-28-29(35)10-7-11-30(28)36)32(40)22-39(26-16-14-25(34)15-17-26)44(42,43)27-18-12-23(2)13-19-27/h4-19,31H,3,20-22H2,1-2H3,(H,37,41)/t31-/m0/s1.